The van der Waals surface area contributed by atoms with E-state index in [9.17, 15) is 9.59 Å². The second-order valence-corrected chi connectivity index (χ2v) is 10.5. The van der Waals surface area contributed by atoms with Crippen LogP contribution in [0.5, 0.6) is 0 Å². The van der Waals surface area contributed by atoms with Crippen LogP contribution < -0.4 is 11.0 Å². The Hall–Kier alpha value is -4.24. The lowest BCUT2D eigenvalue weighted by Gasteiger charge is -2.29. The quantitative estimate of drug-likeness (QED) is 0.335. The van der Waals surface area contributed by atoms with E-state index < -0.39 is 0 Å². The minimum absolute atomic E-state index is 0.0858. The molecule has 0 aliphatic heterocycles. The summed E-state index contributed by atoms with van der Waals surface area (Å²) in [6.45, 7) is 2.43. The number of amides is 1. The molecule has 1 amide bonds. The number of aryl methyl sites for hydroxylation is 1. The normalized spacial score (nSPS) is 17.4. The standard InChI is InChI=1S/C29H28ClN7O2/c1-19-24(15-21(30)16-31-19)28(38)34-22-9-7-20(8-10-22)18-35-25-5-2-3-6-26(25)37(29(35)39)27-12-11-23(17-32-27)36-14-4-13-33-36/h2-6,11-17,20,22H,7-10,18H2,1H3,(H,34,38). The van der Waals surface area contributed by atoms with Gasteiger partial charge in [-0.15, -0.1) is 0 Å². The molecule has 10 heteroatoms. The minimum atomic E-state index is -0.142. The van der Waals surface area contributed by atoms with Gasteiger partial charge in [0.1, 0.15) is 5.82 Å². The molecule has 39 heavy (non-hydrogen) atoms. The summed E-state index contributed by atoms with van der Waals surface area (Å²) in [5.41, 5.74) is 3.61. The van der Waals surface area contributed by atoms with Crippen molar-refractivity contribution in [2.45, 2.75) is 45.2 Å². The molecule has 4 aromatic heterocycles. The van der Waals surface area contributed by atoms with Gasteiger partial charge >= 0.3 is 5.69 Å². The SMILES string of the molecule is Cc1ncc(Cl)cc1C(=O)NC1CCC(Cn2c(=O)n(-c3ccc(-n4cccn4)cn3)c3ccccc32)CC1. The molecular formula is C29H28ClN7O2. The number of hydrogen-bond donors (Lipinski definition) is 1. The fourth-order valence-electron chi connectivity index (χ4n) is 5.42. The fourth-order valence-corrected chi connectivity index (χ4v) is 5.58. The van der Waals surface area contributed by atoms with E-state index in [-0.39, 0.29) is 17.6 Å². The number of para-hydroxylation sites is 2. The topological polar surface area (TPSA) is 99.6 Å². The monoisotopic (exact) mass is 541 g/mol. The lowest BCUT2D eigenvalue weighted by atomic mass is 9.85. The van der Waals surface area contributed by atoms with Crippen LogP contribution in [0.1, 0.15) is 41.7 Å². The number of pyridine rings is 2. The molecule has 9 nitrogen and oxygen atoms in total. The van der Waals surface area contributed by atoms with E-state index in [0.29, 0.717) is 34.6 Å². The van der Waals surface area contributed by atoms with E-state index in [1.54, 1.807) is 40.8 Å². The second-order valence-electron chi connectivity index (χ2n) is 10.0. The summed E-state index contributed by atoms with van der Waals surface area (Å²) in [5, 5.41) is 7.83. The Bertz CT molecular complexity index is 1680. The van der Waals surface area contributed by atoms with Crippen molar-refractivity contribution >= 4 is 28.5 Å². The largest absolute Gasteiger partial charge is 0.349 e. The first kappa shape index (κ1) is 25.1. The lowest BCUT2D eigenvalue weighted by Crippen LogP contribution is -2.39. The van der Waals surface area contributed by atoms with Gasteiger partial charge in [-0.1, -0.05) is 23.7 Å². The highest BCUT2D eigenvalue weighted by molar-refractivity contribution is 6.30. The molecule has 1 aromatic carbocycles. The third-order valence-electron chi connectivity index (χ3n) is 7.49. The Labute approximate surface area is 230 Å². The molecule has 1 fully saturated rings. The summed E-state index contributed by atoms with van der Waals surface area (Å²) in [6.07, 6.45) is 10.4. The van der Waals surface area contributed by atoms with Crippen molar-refractivity contribution in [1.82, 2.24) is 34.2 Å². The summed E-state index contributed by atoms with van der Waals surface area (Å²) in [6, 6.07) is 15.2. The van der Waals surface area contributed by atoms with Crippen LogP contribution in [0, 0.1) is 12.8 Å². The molecule has 4 heterocycles. The number of benzene rings is 1. The Balaban J connectivity index is 1.18. The summed E-state index contributed by atoms with van der Waals surface area (Å²) in [5.74, 6) is 0.763. The van der Waals surface area contributed by atoms with E-state index in [0.717, 1.165) is 42.4 Å². The molecule has 6 rings (SSSR count). The van der Waals surface area contributed by atoms with E-state index in [4.69, 9.17) is 11.6 Å². The maximum absolute atomic E-state index is 13.7. The molecule has 1 aliphatic carbocycles. The number of nitrogens with one attached hydrogen (secondary N) is 1. The summed E-state index contributed by atoms with van der Waals surface area (Å²) in [7, 11) is 0. The van der Waals surface area contributed by atoms with Crippen molar-refractivity contribution in [1.29, 1.82) is 0 Å². The smallest absolute Gasteiger partial charge is 0.334 e. The van der Waals surface area contributed by atoms with Gasteiger partial charge in [0.2, 0.25) is 0 Å². The summed E-state index contributed by atoms with van der Waals surface area (Å²) < 4.78 is 5.27. The minimum Gasteiger partial charge on any atom is -0.349 e. The number of halogens is 1. The van der Waals surface area contributed by atoms with Gasteiger partial charge in [-0.05, 0) is 74.9 Å². The zero-order chi connectivity index (χ0) is 26.9. The molecule has 198 valence electrons. The third-order valence-corrected chi connectivity index (χ3v) is 7.69. The van der Waals surface area contributed by atoms with Gasteiger partial charge in [0.25, 0.3) is 5.91 Å². The molecule has 0 unspecified atom stereocenters. The predicted molar refractivity (Wildman–Crippen MR) is 150 cm³/mol. The lowest BCUT2D eigenvalue weighted by molar-refractivity contribution is 0.0919. The molecule has 0 spiro atoms. The zero-order valence-electron chi connectivity index (χ0n) is 21.5. The van der Waals surface area contributed by atoms with E-state index in [2.05, 4.69) is 20.4 Å². The highest BCUT2D eigenvalue weighted by atomic mass is 35.5. The first-order valence-electron chi connectivity index (χ1n) is 13.1. The number of aromatic nitrogens is 6. The van der Waals surface area contributed by atoms with Crippen molar-refractivity contribution in [2.24, 2.45) is 5.92 Å². The number of rotatable bonds is 6. The molecule has 0 radical (unpaired) electrons. The number of fused-ring (bicyclic) bond motifs is 1. The Kier molecular flexibility index (Phi) is 6.74. The van der Waals surface area contributed by atoms with Crippen LogP contribution in [0.2, 0.25) is 5.02 Å². The summed E-state index contributed by atoms with van der Waals surface area (Å²) >= 11 is 6.04. The van der Waals surface area contributed by atoms with Crippen LogP contribution in [-0.4, -0.2) is 40.8 Å². The highest BCUT2D eigenvalue weighted by Gasteiger charge is 2.26. The fraction of sp³-hybridized carbons (Fsp3) is 0.276. The van der Waals surface area contributed by atoms with Crippen LogP contribution in [0.15, 0.2) is 78.1 Å². The third kappa shape index (κ3) is 4.97. The first-order chi connectivity index (χ1) is 19.0. The highest BCUT2D eigenvalue weighted by Crippen LogP contribution is 2.28. The Morgan fingerprint density at radius 1 is 1.03 bits per heavy atom. The van der Waals surface area contributed by atoms with Crippen molar-refractivity contribution in [3.63, 3.8) is 0 Å². The number of imidazole rings is 1. The molecule has 5 aromatic rings. The zero-order valence-corrected chi connectivity index (χ0v) is 22.3. The molecule has 1 saturated carbocycles. The summed E-state index contributed by atoms with van der Waals surface area (Å²) in [4.78, 5) is 35.3. The van der Waals surface area contributed by atoms with Gasteiger partial charge in [-0.25, -0.2) is 19.0 Å². The molecule has 1 N–H and O–H groups in total. The molecule has 0 bridgehead atoms. The average molecular weight is 542 g/mol. The van der Waals surface area contributed by atoms with Gasteiger partial charge in [0.15, 0.2) is 0 Å². The van der Waals surface area contributed by atoms with E-state index >= 15 is 0 Å². The van der Waals surface area contributed by atoms with Crippen LogP contribution in [0.3, 0.4) is 0 Å². The van der Waals surface area contributed by atoms with Gasteiger partial charge < -0.3 is 5.32 Å². The number of hydrogen-bond acceptors (Lipinski definition) is 5. The van der Waals surface area contributed by atoms with Crippen LogP contribution >= 0.6 is 11.6 Å². The Morgan fingerprint density at radius 2 is 1.82 bits per heavy atom. The van der Waals surface area contributed by atoms with Gasteiger partial charge in [0, 0.05) is 31.2 Å². The number of carbonyl (C=O) groups is 1. The van der Waals surface area contributed by atoms with Crippen molar-refractivity contribution in [3.8, 4) is 11.5 Å². The van der Waals surface area contributed by atoms with Crippen molar-refractivity contribution in [3.05, 3.63) is 100 Å². The number of nitrogens with zero attached hydrogens (tertiary/aromatic N) is 6. The maximum atomic E-state index is 13.7. The van der Waals surface area contributed by atoms with Gasteiger partial charge in [0.05, 0.1) is 39.2 Å². The van der Waals surface area contributed by atoms with Crippen molar-refractivity contribution < 1.29 is 4.79 Å². The second kappa shape index (κ2) is 10.5. The predicted octanol–water partition coefficient (Wildman–Crippen LogP) is 4.72. The number of carbonyl (C=O) groups excluding carboxylic acids is 1. The van der Waals surface area contributed by atoms with Gasteiger partial charge in [-0.3, -0.25) is 14.3 Å². The maximum Gasteiger partial charge on any atom is 0.334 e. The van der Waals surface area contributed by atoms with Crippen LogP contribution in [0.25, 0.3) is 22.5 Å². The van der Waals surface area contributed by atoms with Crippen LogP contribution in [-0.2, 0) is 6.54 Å². The molecular weight excluding hydrogens is 514 g/mol. The van der Waals surface area contributed by atoms with E-state index in [1.807, 2.05) is 53.2 Å². The van der Waals surface area contributed by atoms with E-state index in [1.165, 1.54) is 0 Å². The molecule has 0 atom stereocenters. The first-order valence-corrected chi connectivity index (χ1v) is 13.5. The molecule has 1 aliphatic rings. The van der Waals surface area contributed by atoms with Crippen molar-refractivity contribution in [2.75, 3.05) is 0 Å². The van der Waals surface area contributed by atoms with Gasteiger partial charge in [-0.2, -0.15) is 5.10 Å². The Morgan fingerprint density at radius 3 is 2.54 bits per heavy atom. The average Bonchev–Trinajstić information content (AvgIpc) is 3.58. The molecule has 0 saturated heterocycles. The van der Waals surface area contributed by atoms with Crippen LogP contribution in [0.4, 0.5) is 0 Å².